The molecule has 0 saturated carbocycles. The van der Waals surface area contributed by atoms with Crippen molar-refractivity contribution in [3.8, 4) is 11.3 Å². The molecule has 96 valence electrons. The van der Waals surface area contributed by atoms with Crippen molar-refractivity contribution in [1.82, 2.24) is 0 Å². The van der Waals surface area contributed by atoms with Crippen molar-refractivity contribution in [2.24, 2.45) is 5.73 Å². The van der Waals surface area contributed by atoms with Crippen LogP contribution in [0.15, 0.2) is 40.8 Å². The van der Waals surface area contributed by atoms with Crippen molar-refractivity contribution in [1.29, 1.82) is 0 Å². The van der Waals surface area contributed by atoms with Gasteiger partial charge in [0.2, 0.25) is 0 Å². The molecule has 2 rings (SSSR count). The summed E-state index contributed by atoms with van der Waals surface area (Å²) in [6, 6.07) is 12.5. The molecule has 1 aromatic heterocycles. The van der Waals surface area contributed by atoms with E-state index in [0.717, 1.165) is 23.5 Å². The molecular formula is C16H21NO. The Labute approximate surface area is 109 Å². The summed E-state index contributed by atoms with van der Waals surface area (Å²) in [6.07, 6.45) is 1.13. The molecule has 0 aliphatic carbocycles. The maximum Gasteiger partial charge on any atom is 0.134 e. The zero-order valence-corrected chi connectivity index (χ0v) is 11.4. The van der Waals surface area contributed by atoms with Crippen molar-refractivity contribution in [3.05, 3.63) is 47.7 Å². The molecule has 1 heterocycles. The van der Waals surface area contributed by atoms with Gasteiger partial charge in [-0.2, -0.15) is 0 Å². The third-order valence-electron chi connectivity index (χ3n) is 3.70. The summed E-state index contributed by atoms with van der Waals surface area (Å²) in [5.41, 5.74) is 8.24. The number of hydrogen-bond donors (Lipinski definition) is 1. The van der Waals surface area contributed by atoms with Crippen LogP contribution < -0.4 is 5.73 Å². The summed E-state index contributed by atoms with van der Waals surface area (Å²) >= 11 is 0. The summed E-state index contributed by atoms with van der Waals surface area (Å²) in [6.45, 7) is 7.19. The molecule has 0 atom stereocenters. The highest BCUT2D eigenvalue weighted by Crippen LogP contribution is 2.29. The molecule has 1 aromatic carbocycles. The Kier molecular flexibility index (Phi) is 3.58. The summed E-state index contributed by atoms with van der Waals surface area (Å²) in [5, 5.41) is 0. The Morgan fingerprint density at radius 2 is 1.72 bits per heavy atom. The van der Waals surface area contributed by atoms with Gasteiger partial charge in [0.15, 0.2) is 0 Å². The maximum atomic E-state index is 5.65. The first kappa shape index (κ1) is 12.9. The average Bonchev–Trinajstić information content (AvgIpc) is 2.87. The minimum Gasteiger partial charge on any atom is -0.460 e. The highest BCUT2D eigenvalue weighted by molar-refractivity contribution is 5.58. The van der Waals surface area contributed by atoms with Crippen molar-refractivity contribution in [2.45, 2.75) is 39.2 Å². The molecule has 2 aromatic rings. The highest BCUT2D eigenvalue weighted by atomic mass is 16.3. The van der Waals surface area contributed by atoms with Crippen LogP contribution in [0.3, 0.4) is 0 Å². The minimum atomic E-state index is 0.226. The molecule has 2 nitrogen and oxygen atoms in total. The zero-order valence-electron chi connectivity index (χ0n) is 11.4. The van der Waals surface area contributed by atoms with Crippen LogP contribution in [0.4, 0.5) is 0 Å². The van der Waals surface area contributed by atoms with E-state index in [4.69, 9.17) is 10.2 Å². The van der Waals surface area contributed by atoms with Gasteiger partial charge in [0.1, 0.15) is 11.5 Å². The molecule has 0 aliphatic heterocycles. The van der Waals surface area contributed by atoms with Crippen LogP contribution in [0.5, 0.6) is 0 Å². The SMILES string of the molecule is CCC(C)(C)c1ccc(-c2ccc(CN)o2)cc1. The summed E-state index contributed by atoms with van der Waals surface area (Å²) in [7, 11) is 0. The van der Waals surface area contributed by atoms with Crippen molar-refractivity contribution >= 4 is 0 Å². The third kappa shape index (κ3) is 2.49. The van der Waals surface area contributed by atoms with Gasteiger partial charge < -0.3 is 10.2 Å². The van der Waals surface area contributed by atoms with E-state index in [2.05, 4.69) is 45.0 Å². The van der Waals surface area contributed by atoms with E-state index < -0.39 is 0 Å². The lowest BCUT2D eigenvalue weighted by Gasteiger charge is -2.23. The largest absolute Gasteiger partial charge is 0.460 e. The first-order valence-corrected chi connectivity index (χ1v) is 6.46. The zero-order chi connectivity index (χ0) is 13.2. The molecule has 0 bridgehead atoms. The van der Waals surface area contributed by atoms with Gasteiger partial charge in [0.05, 0.1) is 6.54 Å². The second-order valence-electron chi connectivity index (χ2n) is 5.28. The normalized spacial score (nSPS) is 11.8. The van der Waals surface area contributed by atoms with Crippen LogP contribution in [0, 0.1) is 0 Å². The predicted octanol–water partition coefficient (Wildman–Crippen LogP) is 4.09. The van der Waals surface area contributed by atoms with E-state index in [-0.39, 0.29) is 5.41 Å². The number of furan rings is 1. The number of rotatable bonds is 4. The van der Waals surface area contributed by atoms with Crippen LogP contribution in [-0.2, 0) is 12.0 Å². The molecule has 0 amide bonds. The monoisotopic (exact) mass is 243 g/mol. The second kappa shape index (κ2) is 4.99. The van der Waals surface area contributed by atoms with Crippen LogP contribution in [0.1, 0.15) is 38.5 Å². The molecule has 0 saturated heterocycles. The summed E-state index contributed by atoms with van der Waals surface area (Å²) in [5.74, 6) is 1.71. The van der Waals surface area contributed by atoms with Gasteiger partial charge in [-0.05, 0) is 29.5 Å². The molecule has 0 unspecified atom stereocenters. The van der Waals surface area contributed by atoms with Gasteiger partial charge in [-0.15, -0.1) is 0 Å². The molecular weight excluding hydrogens is 222 g/mol. The Morgan fingerprint density at radius 3 is 2.22 bits per heavy atom. The Hall–Kier alpha value is -1.54. The van der Waals surface area contributed by atoms with Gasteiger partial charge in [-0.1, -0.05) is 45.0 Å². The molecule has 0 spiro atoms. The molecule has 2 N–H and O–H groups in total. The van der Waals surface area contributed by atoms with E-state index in [0.29, 0.717) is 6.54 Å². The van der Waals surface area contributed by atoms with Crippen LogP contribution >= 0.6 is 0 Å². The Balaban J connectivity index is 2.27. The van der Waals surface area contributed by atoms with Gasteiger partial charge in [-0.25, -0.2) is 0 Å². The van der Waals surface area contributed by atoms with E-state index in [1.807, 2.05) is 12.1 Å². The number of nitrogens with two attached hydrogens (primary N) is 1. The smallest absolute Gasteiger partial charge is 0.134 e. The third-order valence-corrected chi connectivity index (χ3v) is 3.70. The number of benzene rings is 1. The maximum absolute atomic E-state index is 5.65. The fourth-order valence-electron chi connectivity index (χ4n) is 1.93. The number of hydrogen-bond acceptors (Lipinski definition) is 2. The highest BCUT2D eigenvalue weighted by Gasteiger charge is 2.17. The summed E-state index contributed by atoms with van der Waals surface area (Å²) < 4.78 is 5.65. The molecule has 0 fully saturated rings. The molecule has 0 aliphatic rings. The fourth-order valence-corrected chi connectivity index (χ4v) is 1.93. The van der Waals surface area contributed by atoms with Crippen LogP contribution in [-0.4, -0.2) is 0 Å². The Morgan fingerprint density at radius 1 is 1.06 bits per heavy atom. The lowest BCUT2D eigenvalue weighted by Crippen LogP contribution is -2.14. The topological polar surface area (TPSA) is 39.2 Å². The van der Waals surface area contributed by atoms with Crippen LogP contribution in [0.25, 0.3) is 11.3 Å². The van der Waals surface area contributed by atoms with Crippen LogP contribution in [0.2, 0.25) is 0 Å². The lowest BCUT2D eigenvalue weighted by atomic mass is 9.82. The lowest BCUT2D eigenvalue weighted by molar-refractivity contribution is 0.506. The fraction of sp³-hybridized carbons (Fsp3) is 0.375. The standard InChI is InChI=1S/C16H21NO/c1-4-16(2,3)13-7-5-12(6-8-13)15-10-9-14(11-17)18-15/h5-10H,4,11,17H2,1-3H3. The molecule has 18 heavy (non-hydrogen) atoms. The minimum absolute atomic E-state index is 0.226. The van der Waals surface area contributed by atoms with Crippen molar-refractivity contribution < 1.29 is 4.42 Å². The quantitative estimate of drug-likeness (QED) is 0.878. The van der Waals surface area contributed by atoms with Crippen molar-refractivity contribution in [2.75, 3.05) is 0 Å². The van der Waals surface area contributed by atoms with E-state index in [1.54, 1.807) is 0 Å². The van der Waals surface area contributed by atoms with Crippen molar-refractivity contribution in [3.63, 3.8) is 0 Å². The first-order chi connectivity index (χ1) is 8.56. The predicted molar refractivity (Wildman–Crippen MR) is 75.4 cm³/mol. The molecule has 0 radical (unpaired) electrons. The first-order valence-electron chi connectivity index (χ1n) is 6.46. The second-order valence-corrected chi connectivity index (χ2v) is 5.28. The van der Waals surface area contributed by atoms with E-state index in [9.17, 15) is 0 Å². The van der Waals surface area contributed by atoms with Gasteiger partial charge in [-0.3, -0.25) is 0 Å². The van der Waals surface area contributed by atoms with Gasteiger partial charge >= 0.3 is 0 Å². The van der Waals surface area contributed by atoms with E-state index in [1.165, 1.54) is 5.56 Å². The van der Waals surface area contributed by atoms with Gasteiger partial charge in [0.25, 0.3) is 0 Å². The van der Waals surface area contributed by atoms with E-state index >= 15 is 0 Å². The summed E-state index contributed by atoms with van der Waals surface area (Å²) in [4.78, 5) is 0. The molecule has 2 heteroatoms. The Bertz CT molecular complexity index is 508. The van der Waals surface area contributed by atoms with Gasteiger partial charge in [0, 0.05) is 5.56 Å². The average molecular weight is 243 g/mol.